The molecule has 8 nitrogen and oxygen atoms in total. The molecule has 0 bridgehead atoms. The summed E-state index contributed by atoms with van der Waals surface area (Å²) in [6.45, 7) is 4.30. The van der Waals surface area contributed by atoms with Gasteiger partial charge in [-0.05, 0) is 80.6 Å². The third-order valence-corrected chi connectivity index (χ3v) is 7.61. The van der Waals surface area contributed by atoms with Gasteiger partial charge in [0.05, 0.1) is 6.20 Å². The number of nitriles is 1. The average Bonchev–Trinajstić information content (AvgIpc) is 3.10. The zero-order valence-electron chi connectivity index (χ0n) is 19.0. The van der Waals surface area contributed by atoms with E-state index in [2.05, 4.69) is 55.7 Å². The quantitative estimate of drug-likeness (QED) is 0.544. The van der Waals surface area contributed by atoms with Gasteiger partial charge in [-0.3, -0.25) is 4.90 Å². The van der Waals surface area contributed by atoms with Crippen LogP contribution >= 0.6 is 7.14 Å². The van der Waals surface area contributed by atoms with Crippen molar-refractivity contribution in [2.75, 3.05) is 31.0 Å². The summed E-state index contributed by atoms with van der Waals surface area (Å²) >= 11 is 0. The maximum Gasteiger partial charge on any atom is 0.229 e. The molecule has 33 heavy (non-hydrogen) atoms. The first-order valence-electron chi connectivity index (χ1n) is 11.0. The Morgan fingerprint density at radius 1 is 1.18 bits per heavy atom. The van der Waals surface area contributed by atoms with Gasteiger partial charge in [0.1, 0.15) is 30.0 Å². The van der Waals surface area contributed by atoms with Crippen molar-refractivity contribution < 1.29 is 4.57 Å². The fraction of sp³-hybridized carbons (Fsp3) is 0.333. The summed E-state index contributed by atoms with van der Waals surface area (Å²) in [6, 6.07) is 12.3. The second-order valence-corrected chi connectivity index (χ2v) is 12.2. The lowest BCUT2D eigenvalue weighted by Gasteiger charge is -2.26. The topological polar surface area (TPSA) is 107 Å². The van der Waals surface area contributed by atoms with Gasteiger partial charge in [-0.2, -0.15) is 10.2 Å². The lowest BCUT2D eigenvalue weighted by molar-refractivity contribution is 0.245. The molecule has 2 aliphatic rings. The van der Waals surface area contributed by atoms with E-state index in [1.165, 1.54) is 35.7 Å². The van der Waals surface area contributed by atoms with Crippen molar-refractivity contribution in [1.82, 2.24) is 19.9 Å². The number of nitrogens with one attached hydrogen (secondary N) is 2. The number of hydrogen-bond acceptors (Lipinski definition) is 8. The van der Waals surface area contributed by atoms with Crippen LogP contribution in [0.5, 0.6) is 0 Å². The van der Waals surface area contributed by atoms with Gasteiger partial charge in [0.25, 0.3) is 0 Å². The molecule has 9 heteroatoms. The van der Waals surface area contributed by atoms with Crippen LogP contribution in [-0.4, -0.2) is 40.2 Å². The summed E-state index contributed by atoms with van der Waals surface area (Å²) in [5.41, 5.74) is 6.03. The molecule has 1 aliphatic heterocycles. The summed E-state index contributed by atoms with van der Waals surface area (Å²) in [4.78, 5) is 15.7. The molecule has 0 spiro atoms. The van der Waals surface area contributed by atoms with Crippen molar-refractivity contribution >= 4 is 35.8 Å². The molecule has 3 heterocycles. The molecule has 2 aromatic heterocycles. The predicted octanol–water partition coefficient (Wildman–Crippen LogP) is 4.30. The summed E-state index contributed by atoms with van der Waals surface area (Å²) in [5.74, 6) is 1.23. The molecule has 0 amide bonds. The Morgan fingerprint density at radius 2 is 2.00 bits per heavy atom. The van der Waals surface area contributed by atoms with E-state index >= 15 is 0 Å². The highest BCUT2D eigenvalue weighted by Gasteiger charge is 2.32. The molecule has 1 atom stereocenters. The highest BCUT2D eigenvalue weighted by molar-refractivity contribution is 7.69. The average molecular weight is 459 g/mol. The zero-order valence-corrected chi connectivity index (χ0v) is 19.9. The number of pyridine rings is 1. The molecule has 1 aromatic carbocycles. The van der Waals surface area contributed by atoms with E-state index < -0.39 is 7.14 Å². The maximum absolute atomic E-state index is 12.4. The summed E-state index contributed by atoms with van der Waals surface area (Å²) in [5, 5.41) is 15.9. The van der Waals surface area contributed by atoms with E-state index in [4.69, 9.17) is 0 Å². The number of aryl methyl sites for hydroxylation is 1. The van der Waals surface area contributed by atoms with Gasteiger partial charge in [-0.1, -0.05) is 6.07 Å². The smallest absolute Gasteiger partial charge is 0.229 e. The van der Waals surface area contributed by atoms with Gasteiger partial charge in [-0.15, -0.1) is 0 Å². The molecule has 0 saturated carbocycles. The number of rotatable bonds is 5. The minimum absolute atomic E-state index is 0.303. The molecule has 5 rings (SSSR count). The van der Waals surface area contributed by atoms with E-state index in [0.717, 1.165) is 18.7 Å². The Balaban J connectivity index is 1.44. The SMILES string of the molecule is CN1Cc2cc(Nc3ncc(C#N)c(Nc4cccc(P(C)(C)=O)n4)n3)cc3c2C1CCC3. The highest BCUT2D eigenvalue weighted by Crippen LogP contribution is 2.43. The zero-order chi connectivity index (χ0) is 23.2. The van der Waals surface area contributed by atoms with Crippen molar-refractivity contribution in [2.24, 2.45) is 0 Å². The van der Waals surface area contributed by atoms with E-state index in [-0.39, 0.29) is 0 Å². The Hall–Kier alpha value is -3.27. The number of hydrogen-bond donors (Lipinski definition) is 2. The second kappa shape index (κ2) is 8.26. The molecule has 168 valence electrons. The molecule has 3 aromatic rings. The Bertz CT molecular complexity index is 1330. The van der Waals surface area contributed by atoms with E-state index in [1.54, 1.807) is 31.5 Å². The largest absolute Gasteiger partial charge is 0.324 e. The lowest BCUT2D eigenvalue weighted by Crippen LogP contribution is -2.19. The van der Waals surface area contributed by atoms with Crippen LogP contribution in [0.4, 0.5) is 23.3 Å². The third kappa shape index (κ3) is 4.22. The van der Waals surface area contributed by atoms with Crippen LogP contribution in [0, 0.1) is 11.3 Å². The summed E-state index contributed by atoms with van der Waals surface area (Å²) in [7, 11) is -0.319. The first kappa shape index (κ1) is 21.6. The third-order valence-electron chi connectivity index (χ3n) is 6.26. The number of aromatic nitrogens is 3. The van der Waals surface area contributed by atoms with Crippen molar-refractivity contribution in [3.8, 4) is 6.07 Å². The van der Waals surface area contributed by atoms with E-state index in [9.17, 15) is 9.83 Å². The van der Waals surface area contributed by atoms with Gasteiger partial charge in [0.15, 0.2) is 5.82 Å². The minimum atomic E-state index is -2.51. The molecule has 1 unspecified atom stereocenters. The van der Waals surface area contributed by atoms with Gasteiger partial charge in [-0.25, -0.2) is 9.97 Å². The molecule has 0 radical (unpaired) electrons. The second-order valence-electron chi connectivity index (χ2n) is 9.08. The highest BCUT2D eigenvalue weighted by atomic mass is 31.2. The Kier molecular flexibility index (Phi) is 5.40. The molecule has 2 N–H and O–H groups in total. The van der Waals surface area contributed by atoms with Crippen LogP contribution < -0.4 is 16.1 Å². The Labute approximate surface area is 193 Å². The number of nitrogens with zero attached hydrogens (tertiary/aromatic N) is 5. The van der Waals surface area contributed by atoms with Crippen molar-refractivity contribution in [3.63, 3.8) is 0 Å². The predicted molar refractivity (Wildman–Crippen MR) is 130 cm³/mol. The molecule has 0 fully saturated rings. The number of anilines is 4. The molecular weight excluding hydrogens is 433 g/mol. The van der Waals surface area contributed by atoms with Crippen LogP contribution in [-0.2, 0) is 17.5 Å². The van der Waals surface area contributed by atoms with Gasteiger partial charge >= 0.3 is 0 Å². The summed E-state index contributed by atoms with van der Waals surface area (Å²) < 4.78 is 12.4. The molecule has 0 saturated heterocycles. The first-order valence-corrected chi connectivity index (χ1v) is 13.6. The van der Waals surface area contributed by atoms with Crippen molar-refractivity contribution in [2.45, 2.75) is 31.8 Å². The molecular formula is C24H26N7OP. The minimum Gasteiger partial charge on any atom is -0.324 e. The standard InChI is InChI=1S/C24H26N7OP/c1-31-14-16-11-18(10-15-6-4-7-19(31)22(15)16)27-24-26-13-17(12-25)23(30-24)29-20-8-5-9-21(28-20)33(2,3)32/h5,8-11,13,19H,4,6-7,14H2,1-3H3,(H2,26,27,28,29,30). The first-order chi connectivity index (χ1) is 15.8. The van der Waals surface area contributed by atoms with Gasteiger partial charge in [0.2, 0.25) is 5.95 Å². The van der Waals surface area contributed by atoms with Gasteiger partial charge < -0.3 is 15.2 Å². The van der Waals surface area contributed by atoms with Gasteiger partial charge in [0, 0.05) is 18.3 Å². The van der Waals surface area contributed by atoms with E-state index in [1.807, 2.05) is 0 Å². The van der Waals surface area contributed by atoms with Crippen molar-refractivity contribution in [3.05, 3.63) is 58.8 Å². The monoisotopic (exact) mass is 459 g/mol. The van der Waals surface area contributed by atoms with Crippen LogP contribution in [0.3, 0.4) is 0 Å². The maximum atomic E-state index is 12.4. The number of benzene rings is 1. The van der Waals surface area contributed by atoms with E-state index in [0.29, 0.717) is 34.6 Å². The van der Waals surface area contributed by atoms with Crippen molar-refractivity contribution in [1.29, 1.82) is 5.26 Å². The fourth-order valence-electron chi connectivity index (χ4n) is 4.73. The molecule has 1 aliphatic carbocycles. The summed E-state index contributed by atoms with van der Waals surface area (Å²) in [6.07, 6.45) is 5.00. The Morgan fingerprint density at radius 3 is 2.79 bits per heavy atom. The lowest BCUT2D eigenvalue weighted by atomic mass is 9.86. The van der Waals surface area contributed by atoms with Crippen LogP contribution in [0.2, 0.25) is 0 Å². The fourth-order valence-corrected chi connectivity index (χ4v) is 5.52. The van der Waals surface area contributed by atoms with Crippen LogP contribution in [0.15, 0.2) is 36.5 Å². The van der Waals surface area contributed by atoms with Crippen LogP contribution in [0.25, 0.3) is 0 Å². The van der Waals surface area contributed by atoms with Crippen LogP contribution in [0.1, 0.15) is 41.1 Å². The normalized spacial score (nSPS) is 17.3.